The number of nitrogens with zero attached hydrogens (tertiary/aromatic N) is 3. The largest absolute Gasteiger partial charge is 0.397 e. The molecule has 8 nitrogen and oxygen atoms in total. The summed E-state index contributed by atoms with van der Waals surface area (Å²) in [5.74, 6) is -0.368. The van der Waals surface area contributed by atoms with Crippen molar-refractivity contribution >= 4 is 44.7 Å². The number of hydrogen-bond acceptors (Lipinski definition) is 6. The van der Waals surface area contributed by atoms with Crippen LogP contribution in [0.15, 0.2) is 77.5 Å². The third kappa shape index (κ3) is 4.44. The van der Waals surface area contributed by atoms with Gasteiger partial charge < -0.3 is 11.1 Å². The van der Waals surface area contributed by atoms with Crippen LogP contribution in [0, 0.1) is 0 Å². The number of aromatic nitrogens is 3. The molecule has 31 heavy (non-hydrogen) atoms. The highest BCUT2D eigenvalue weighted by molar-refractivity contribution is 7.92. The average molecular weight is 454 g/mol. The summed E-state index contributed by atoms with van der Waals surface area (Å²) in [4.78, 5) is 12.9. The Hall–Kier alpha value is -3.63. The van der Waals surface area contributed by atoms with Crippen molar-refractivity contribution in [2.75, 3.05) is 11.1 Å². The van der Waals surface area contributed by atoms with E-state index in [-0.39, 0.29) is 10.1 Å². The molecule has 0 aliphatic carbocycles. The molecule has 0 saturated heterocycles. The lowest BCUT2D eigenvalue weighted by atomic mass is 10.2. The Labute approximate surface area is 183 Å². The first-order valence-corrected chi connectivity index (χ1v) is 11.4. The van der Waals surface area contributed by atoms with Crippen molar-refractivity contribution in [2.45, 2.75) is 4.21 Å². The van der Waals surface area contributed by atoms with Crippen molar-refractivity contribution in [3.05, 3.63) is 78.9 Å². The number of nitrogens with two attached hydrogens (primary N) is 1. The monoisotopic (exact) mass is 453 g/mol. The third-order valence-corrected chi connectivity index (χ3v) is 7.68. The molecule has 0 atom stereocenters. The van der Waals surface area contributed by atoms with Gasteiger partial charge in [-0.2, -0.15) is 13.5 Å². The number of carbonyl (C=O) groups excluding carboxylic acids is 1. The molecule has 0 unspecified atom stereocenters. The minimum atomic E-state index is -3.73. The molecule has 3 aromatic heterocycles. The van der Waals surface area contributed by atoms with Crippen molar-refractivity contribution < 1.29 is 13.2 Å². The van der Waals surface area contributed by atoms with E-state index in [2.05, 4.69) is 10.4 Å². The number of thiophene rings is 1. The summed E-state index contributed by atoms with van der Waals surface area (Å²) < 4.78 is 28.9. The number of amides is 1. The summed E-state index contributed by atoms with van der Waals surface area (Å²) in [7, 11) is -1.93. The van der Waals surface area contributed by atoms with Crippen LogP contribution in [-0.2, 0) is 21.9 Å². The maximum atomic E-state index is 12.9. The number of benzene rings is 1. The van der Waals surface area contributed by atoms with Crippen LogP contribution in [0.3, 0.4) is 0 Å². The normalized spacial score (nSPS) is 11.8. The molecule has 0 spiro atoms. The molecule has 1 aromatic carbocycles. The quantitative estimate of drug-likeness (QED) is 0.343. The molecular weight excluding hydrogens is 434 g/mol. The Morgan fingerprint density at radius 1 is 1.16 bits per heavy atom. The molecule has 0 radical (unpaired) electrons. The summed E-state index contributed by atoms with van der Waals surface area (Å²) in [5.41, 5.74) is 8.21. The van der Waals surface area contributed by atoms with Gasteiger partial charge in [0.05, 0.1) is 17.6 Å². The molecule has 0 fully saturated rings. The molecular formula is C21H19N5O3S2. The van der Waals surface area contributed by atoms with Crippen LogP contribution in [0.25, 0.3) is 16.5 Å². The molecule has 1 amide bonds. The smallest absolute Gasteiger partial charge is 0.277 e. The maximum absolute atomic E-state index is 12.9. The van der Waals surface area contributed by atoms with Gasteiger partial charge in [-0.05, 0) is 42.0 Å². The lowest BCUT2D eigenvalue weighted by Gasteiger charge is -2.04. The molecule has 0 aliphatic heterocycles. The van der Waals surface area contributed by atoms with Gasteiger partial charge in [-0.3, -0.25) is 9.48 Å². The number of anilines is 2. The molecule has 0 saturated carbocycles. The molecule has 3 heterocycles. The minimum Gasteiger partial charge on any atom is -0.397 e. The van der Waals surface area contributed by atoms with Crippen molar-refractivity contribution in [1.29, 1.82) is 0 Å². The number of hydrogen-bond donors (Lipinski definition) is 2. The average Bonchev–Trinajstić information content (AvgIpc) is 3.48. The van der Waals surface area contributed by atoms with E-state index >= 15 is 0 Å². The first-order valence-electron chi connectivity index (χ1n) is 9.19. The number of nitrogen functional groups attached to an aromatic ring is 1. The van der Waals surface area contributed by atoms with Crippen LogP contribution in [0.4, 0.5) is 11.4 Å². The molecule has 4 aromatic rings. The van der Waals surface area contributed by atoms with Crippen LogP contribution in [0.2, 0.25) is 0 Å². The van der Waals surface area contributed by atoms with E-state index in [0.29, 0.717) is 16.9 Å². The van der Waals surface area contributed by atoms with Crippen LogP contribution in [-0.4, -0.2) is 28.1 Å². The van der Waals surface area contributed by atoms with Crippen LogP contribution in [0.1, 0.15) is 5.56 Å². The Balaban J connectivity index is 1.49. The Morgan fingerprint density at radius 3 is 2.71 bits per heavy atom. The van der Waals surface area contributed by atoms with E-state index in [1.165, 1.54) is 35.9 Å². The van der Waals surface area contributed by atoms with Crippen LogP contribution in [0.5, 0.6) is 0 Å². The second-order valence-corrected chi connectivity index (χ2v) is 9.86. The SMILES string of the molecule is Cn1cc(-c2ccc(S(=O)(=O)n3ccc(/C=C/C(=O)Nc4ccccc4N)c3)s2)cn1. The summed E-state index contributed by atoms with van der Waals surface area (Å²) >= 11 is 1.18. The van der Waals surface area contributed by atoms with Crippen molar-refractivity contribution in [1.82, 2.24) is 13.8 Å². The maximum Gasteiger partial charge on any atom is 0.277 e. The summed E-state index contributed by atoms with van der Waals surface area (Å²) in [6, 6.07) is 11.9. The van der Waals surface area contributed by atoms with Gasteiger partial charge in [0.2, 0.25) is 5.91 Å². The third-order valence-electron chi connectivity index (χ3n) is 4.44. The standard InChI is InChI=1S/C21H19N5O3S2/c1-25-14-16(12-23-25)19-7-9-21(30-19)31(28,29)26-11-10-15(13-26)6-8-20(27)24-18-5-3-2-4-17(18)22/h2-14H,22H2,1H3,(H,24,27)/b8-6+. The number of para-hydroxylation sites is 2. The summed E-state index contributed by atoms with van der Waals surface area (Å²) in [5, 5.41) is 6.80. The number of aryl methyl sites for hydroxylation is 1. The first-order chi connectivity index (χ1) is 14.8. The summed E-state index contributed by atoms with van der Waals surface area (Å²) in [6.45, 7) is 0. The predicted molar refractivity (Wildman–Crippen MR) is 122 cm³/mol. The number of carbonyl (C=O) groups is 1. The van der Waals surface area contributed by atoms with E-state index in [1.807, 2.05) is 6.20 Å². The van der Waals surface area contributed by atoms with Crippen molar-refractivity contribution in [2.24, 2.45) is 7.05 Å². The summed E-state index contributed by atoms with van der Waals surface area (Å²) in [6.07, 6.45) is 9.29. The molecule has 3 N–H and O–H groups in total. The molecule has 4 rings (SSSR count). The highest BCUT2D eigenvalue weighted by Crippen LogP contribution is 2.31. The first kappa shape index (κ1) is 20.6. The fourth-order valence-corrected chi connectivity index (χ4v) is 5.45. The van der Waals surface area contributed by atoms with Gasteiger partial charge in [0.15, 0.2) is 0 Å². The van der Waals surface area contributed by atoms with E-state index in [4.69, 9.17) is 5.73 Å². The van der Waals surface area contributed by atoms with E-state index in [0.717, 1.165) is 14.4 Å². The fraction of sp³-hybridized carbons (Fsp3) is 0.0476. The van der Waals surface area contributed by atoms with Gasteiger partial charge in [0, 0.05) is 42.2 Å². The van der Waals surface area contributed by atoms with Crippen LogP contribution >= 0.6 is 11.3 Å². The molecule has 0 bridgehead atoms. The van der Waals surface area contributed by atoms with E-state index < -0.39 is 10.0 Å². The van der Waals surface area contributed by atoms with Crippen molar-refractivity contribution in [3.8, 4) is 10.4 Å². The molecule has 10 heteroatoms. The topological polar surface area (TPSA) is 112 Å². The zero-order chi connectivity index (χ0) is 22.0. The van der Waals surface area contributed by atoms with E-state index in [9.17, 15) is 13.2 Å². The van der Waals surface area contributed by atoms with Gasteiger partial charge >= 0.3 is 0 Å². The fourth-order valence-electron chi connectivity index (χ4n) is 2.86. The van der Waals surface area contributed by atoms with Crippen LogP contribution < -0.4 is 11.1 Å². The zero-order valence-corrected chi connectivity index (χ0v) is 18.1. The highest BCUT2D eigenvalue weighted by atomic mass is 32.2. The Kier molecular flexibility index (Phi) is 5.49. The molecule has 158 valence electrons. The zero-order valence-electron chi connectivity index (χ0n) is 16.5. The lowest BCUT2D eigenvalue weighted by Crippen LogP contribution is -2.09. The second kappa shape index (κ2) is 8.25. The van der Waals surface area contributed by atoms with Gasteiger partial charge in [0.25, 0.3) is 10.0 Å². The van der Waals surface area contributed by atoms with Gasteiger partial charge in [0.1, 0.15) is 4.21 Å². The van der Waals surface area contributed by atoms with Gasteiger partial charge in [-0.1, -0.05) is 12.1 Å². The predicted octanol–water partition coefficient (Wildman–Crippen LogP) is 3.42. The van der Waals surface area contributed by atoms with Crippen molar-refractivity contribution in [3.63, 3.8) is 0 Å². The Bertz CT molecular complexity index is 1380. The highest BCUT2D eigenvalue weighted by Gasteiger charge is 2.20. The molecule has 0 aliphatic rings. The van der Waals surface area contributed by atoms with Gasteiger partial charge in [-0.15, -0.1) is 11.3 Å². The lowest BCUT2D eigenvalue weighted by molar-refractivity contribution is -0.111. The van der Waals surface area contributed by atoms with E-state index in [1.54, 1.807) is 60.4 Å². The second-order valence-electron chi connectivity index (χ2n) is 6.71. The van der Waals surface area contributed by atoms with Gasteiger partial charge in [-0.25, -0.2) is 3.97 Å². The minimum absolute atomic E-state index is 0.217. The number of rotatable bonds is 6. The Morgan fingerprint density at radius 2 is 1.97 bits per heavy atom. The number of nitrogens with one attached hydrogen (secondary N) is 1.